The summed E-state index contributed by atoms with van der Waals surface area (Å²) in [6.45, 7) is 0.292. The van der Waals surface area contributed by atoms with Crippen molar-refractivity contribution in [3.05, 3.63) is 88.9 Å². The van der Waals surface area contributed by atoms with Crippen LogP contribution in [-0.4, -0.2) is 21.7 Å². The largest absolute Gasteiger partial charge is 0.493 e. The van der Waals surface area contributed by atoms with Crippen LogP contribution in [0.5, 0.6) is 11.5 Å². The van der Waals surface area contributed by atoms with Gasteiger partial charge in [-0.1, -0.05) is 48.0 Å². The lowest BCUT2D eigenvalue weighted by Gasteiger charge is -2.12. The highest BCUT2D eigenvalue weighted by molar-refractivity contribution is 7.89. The number of halogens is 1. The van der Waals surface area contributed by atoms with Gasteiger partial charge in [0.25, 0.3) is 10.0 Å². The molecule has 0 aliphatic heterocycles. The molecule has 6 nitrogen and oxygen atoms in total. The van der Waals surface area contributed by atoms with Gasteiger partial charge in [0.05, 0.1) is 18.2 Å². The van der Waals surface area contributed by atoms with Crippen molar-refractivity contribution in [3.8, 4) is 11.5 Å². The molecule has 3 aromatic rings. The third-order valence-corrected chi connectivity index (χ3v) is 5.58. The molecule has 0 saturated heterocycles. The molecule has 0 unspecified atom stereocenters. The summed E-state index contributed by atoms with van der Waals surface area (Å²) >= 11 is 6.14. The maximum Gasteiger partial charge on any atom is 0.276 e. The zero-order valence-electron chi connectivity index (χ0n) is 15.6. The Morgan fingerprint density at radius 1 is 1.00 bits per heavy atom. The van der Waals surface area contributed by atoms with Gasteiger partial charge in [0.2, 0.25) is 0 Å². The Kier molecular flexibility index (Phi) is 6.74. The van der Waals surface area contributed by atoms with E-state index in [0.29, 0.717) is 28.7 Å². The number of methoxy groups -OCH3 is 1. The summed E-state index contributed by atoms with van der Waals surface area (Å²) in [5.74, 6) is 1.03. The van der Waals surface area contributed by atoms with Crippen molar-refractivity contribution < 1.29 is 17.9 Å². The van der Waals surface area contributed by atoms with Gasteiger partial charge in [0.1, 0.15) is 6.61 Å². The van der Waals surface area contributed by atoms with Crippen LogP contribution in [0.15, 0.2) is 82.8 Å². The minimum atomic E-state index is -3.71. The summed E-state index contributed by atoms with van der Waals surface area (Å²) < 4.78 is 35.5. The molecule has 1 N–H and O–H groups in total. The summed E-state index contributed by atoms with van der Waals surface area (Å²) in [6.07, 6.45) is 1.39. The number of hydrogen-bond acceptors (Lipinski definition) is 5. The van der Waals surface area contributed by atoms with E-state index in [1.54, 1.807) is 42.5 Å². The van der Waals surface area contributed by atoms with Gasteiger partial charge in [-0.2, -0.15) is 13.5 Å². The lowest BCUT2D eigenvalue weighted by Crippen LogP contribution is -2.18. The van der Waals surface area contributed by atoms with Gasteiger partial charge in [-0.15, -0.1) is 0 Å². The van der Waals surface area contributed by atoms with Crippen LogP contribution in [0.25, 0.3) is 0 Å². The molecule has 0 radical (unpaired) electrons. The van der Waals surface area contributed by atoms with Crippen LogP contribution in [0.1, 0.15) is 11.1 Å². The summed E-state index contributed by atoms with van der Waals surface area (Å²) in [6, 6.07) is 20.6. The van der Waals surface area contributed by atoms with E-state index in [0.717, 1.165) is 5.56 Å². The van der Waals surface area contributed by atoms with E-state index in [-0.39, 0.29) is 4.90 Å². The average molecular weight is 431 g/mol. The summed E-state index contributed by atoms with van der Waals surface area (Å²) in [5, 5.41) is 4.45. The van der Waals surface area contributed by atoms with E-state index in [1.165, 1.54) is 25.5 Å². The zero-order chi connectivity index (χ0) is 20.7. The van der Waals surface area contributed by atoms with Crippen LogP contribution in [0.4, 0.5) is 0 Å². The van der Waals surface area contributed by atoms with E-state index in [2.05, 4.69) is 9.93 Å². The second-order valence-electron chi connectivity index (χ2n) is 5.96. The first-order valence-electron chi connectivity index (χ1n) is 8.64. The second-order valence-corrected chi connectivity index (χ2v) is 8.02. The van der Waals surface area contributed by atoms with Crippen LogP contribution in [0.3, 0.4) is 0 Å². The Balaban J connectivity index is 1.68. The normalized spacial score (nSPS) is 11.4. The lowest BCUT2D eigenvalue weighted by atomic mass is 10.2. The highest BCUT2D eigenvalue weighted by Crippen LogP contribution is 2.29. The SMILES string of the molecule is COc1cc(C=NNS(=O)(=O)c2ccccc2)ccc1OCc1ccccc1Cl. The van der Waals surface area contributed by atoms with E-state index < -0.39 is 10.0 Å². The molecular formula is C21H19ClN2O4S. The number of benzene rings is 3. The third-order valence-electron chi connectivity index (χ3n) is 3.97. The number of hydrazone groups is 1. The van der Waals surface area contributed by atoms with Crippen molar-refractivity contribution >= 4 is 27.8 Å². The van der Waals surface area contributed by atoms with Gasteiger partial charge in [0, 0.05) is 10.6 Å². The molecule has 0 spiro atoms. The maximum absolute atomic E-state index is 12.2. The molecule has 0 bridgehead atoms. The topological polar surface area (TPSA) is 77.0 Å². The number of sulfonamides is 1. The predicted octanol–water partition coefficient (Wildman–Crippen LogP) is 4.24. The zero-order valence-corrected chi connectivity index (χ0v) is 17.2. The quantitative estimate of drug-likeness (QED) is 0.428. The minimum Gasteiger partial charge on any atom is -0.493 e. The molecule has 150 valence electrons. The molecule has 3 rings (SSSR count). The second kappa shape index (κ2) is 9.45. The van der Waals surface area contributed by atoms with Crippen LogP contribution in [-0.2, 0) is 16.6 Å². The summed E-state index contributed by atoms with van der Waals surface area (Å²) in [4.78, 5) is 2.32. The fourth-order valence-corrected chi connectivity index (χ4v) is 3.48. The molecule has 0 aliphatic rings. The molecule has 0 fully saturated rings. The van der Waals surface area contributed by atoms with E-state index >= 15 is 0 Å². The number of nitrogens with zero attached hydrogens (tertiary/aromatic N) is 1. The molecule has 3 aromatic carbocycles. The number of hydrogen-bond donors (Lipinski definition) is 1. The number of nitrogens with one attached hydrogen (secondary N) is 1. The third kappa shape index (κ3) is 5.49. The fraction of sp³-hybridized carbons (Fsp3) is 0.0952. The standard InChI is InChI=1S/C21H19ClN2O4S/c1-27-21-13-16(14-23-24-29(25,26)18-8-3-2-4-9-18)11-12-20(21)28-15-17-7-5-6-10-19(17)22/h2-14,24H,15H2,1H3. The van der Waals surface area contributed by atoms with Gasteiger partial charge in [-0.3, -0.25) is 0 Å². The molecule has 0 saturated carbocycles. The Labute approximate surface area is 174 Å². The molecule has 0 heterocycles. The van der Waals surface area contributed by atoms with Crippen molar-refractivity contribution in [2.45, 2.75) is 11.5 Å². The van der Waals surface area contributed by atoms with Gasteiger partial charge in [-0.05, 0) is 42.0 Å². The van der Waals surface area contributed by atoms with Crippen LogP contribution < -0.4 is 14.3 Å². The lowest BCUT2D eigenvalue weighted by molar-refractivity contribution is 0.284. The van der Waals surface area contributed by atoms with Crippen LogP contribution in [0.2, 0.25) is 5.02 Å². The smallest absolute Gasteiger partial charge is 0.276 e. The maximum atomic E-state index is 12.2. The van der Waals surface area contributed by atoms with Crippen molar-refractivity contribution in [1.82, 2.24) is 4.83 Å². The highest BCUT2D eigenvalue weighted by Gasteiger charge is 2.11. The van der Waals surface area contributed by atoms with E-state index in [9.17, 15) is 8.42 Å². The Morgan fingerprint density at radius 3 is 2.45 bits per heavy atom. The van der Waals surface area contributed by atoms with E-state index in [4.69, 9.17) is 21.1 Å². The van der Waals surface area contributed by atoms with Crippen molar-refractivity contribution in [1.29, 1.82) is 0 Å². The molecular weight excluding hydrogens is 412 g/mol. The summed E-state index contributed by atoms with van der Waals surface area (Å²) in [7, 11) is -2.19. The average Bonchev–Trinajstić information content (AvgIpc) is 2.74. The highest BCUT2D eigenvalue weighted by atomic mass is 35.5. The molecule has 0 aromatic heterocycles. The molecule has 0 aliphatic carbocycles. The van der Waals surface area contributed by atoms with Gasteiger partial charge >= 0.3 is 0 Å². The van der Waals surface area contributed by atoms with Crippen molar-refractivity contribution in [3.63, 3.8) is 0 Å². The Hall–Kier alpha value is -3.03. The van der Waals surface area contributed by atoms with E-state index in [1.807, 2.05) is 18.2 Å². The Bertz CT molecular complexity index is 1100. The van der Waals surface area contributed by atoms with Crippen LogP contribution in [0, 0.1) is 0 Å². The first-order chi connectivity index (χ1) is 14.0. The minimum absolute atomic E-state index is 0.137. The number of rotatable bonds is 8. The Morgan fingerprint density at radius 2 is 1.72 bits per heavy atom. The predicted molar refractivity (Wildman–Crippen MR) is 113 cm³/mol. The van der Waals surface area contributed by atoms with Crippen LogP contribution >= 0.6 is 11.6 Å². The summed E-state index contributed by atoms with van der Waals surface area (Å²) in [5.41, 5.74) is 1.50. The van der Waals surface area contributed by atoms with Gasteiger partial charge in [-0.25, -0.2) is 4.83 Å². The molecule has 8 heteroatoms. The number of ether oxygens (including phenoxy) is 2. The van der Waals surface area contributed by atoms with Gasteiger partial charge in [0.15, 0.2) is 11.5 Å². The van der Waals surface area contributed by atoms with Crippen molar-refractivity contribution in [2.24, 2.45) is 5.10 Å². The first-order valence-corrected chi connectivity index (χ1v) is 10.5. The molecule has 0 atom stereocenters. The van der Waals surface area contributed by atoms with Gasteiger partial charge < -0.3 is 9.47 Å². The molecule has 29 heavy (non-hydrogen) atoms. The van der Waals surface area contributed by atoms with Crippen molar-refractivity contribution in [2.75, 3.05) is 7.11 Å². The fourth-order valence-electron chi connectivity index (χ4n) is 2.48. The monoisotopic (exact) mass is 430 g/mol. The molecule has 0 amide bonds. The first kappa shape index (κ1) is 20.7.